The monoisotopic (exact) mass is 726 g/mol. The number of rotatable bonds is 14. The molecule has 2 amide bonds. The van der Waals surface area contributed by atoms with E-state index >= 15 is 0 Å². The fraction of sp³-hybridized carbons (Fsp3) is 0.257. The van der Waals surface area contributed by atoms with Crippen LogP contribution in [-0.4, -0.2) is 55.8 Å². The number of hydrogen-bond acceptors (Lipinski definition) is 7. The van der Waals surface area contributed by atoms with E-state index in [0.29, 0.717) is 16.3 Å². The fourth-order valence-corrected chi connectivity index (χ4v) is 7.02. The van der Waals surface area contributed by atoms with Crippen LogP contribution in [0.1, 0.15) is 30.5 Å². The Balaban J connectivity index is 1.86. The smallest absolute Gasteiger partial charge is 0.273 e. The standard InChI is InChI=1S/C35H36Cl2N4O7S/c1-23(2)38-35(43)33(18-25-8-6-5-7-9-25)39(21-26-11-12-27(36)19-31(26)37)34(42)22-40(28-13-15-29(48-4)16-14-28)49(46,47)30-17-10-24(3)32(20-30)41(44)45/h5-17,19-20,23,33H,18,21-22H2,1-4H3,(H,38,43). The number of ether oxygens (including phenoxy) is 1. The highest BCUT2D eigenvalue weighted by Gasteiger charge is 2.35. The van der Waals surface area contributed by atoms with E-state index in [-0.39, 0.29) is 40.2 Å². The largest absolute Gasteiger partial charge is 0.497 e. The van der Waals surface area contributed by atoms with Crippen LogP contribution in [-0.2, 0) is 32.6 Å². The summed E-state index contributed by atoms with van der Waals surface area (Å²) in [6.45, 7) is 4.15. The van der Waals surface area contributed by atoms with Gasteiger partial charge in [0, 0.05) is 40.7 Å². The fourth-order valence-electron chi connectivity index (χ4n) is 5.12. The van der Waals surface area contributed by atoms with Crippen molar-refractivity contribution in [2.75, 3.05) is 18.0 Å². The van der Waals surface area contributed by atoms with E-state index in [1.807, 2.05) is 30.3 Å². The molecule has 0 radical (unpaired) electrons. The van der Waals surface area contributed by atoms with Crippen LogP contribution in [0.25, 0.3) is 0 Å². The first-order chi connectivity index (χ1) is 23.2. The molecular weight excluding hydrogens is 691 g/mol. The van der Waals surface area contributed by atoms with E-state index < -0.39 is 45.0 Å². The molecule has 1 atom stereocenters. The van der Waals surface area contributed by atoms with Gasteiger partial charge in [-0.1, -0.05) is 65.7 Å². The van der Waals surface area contributed by atoms with Crippen molar-refractivity contribution in [3.8, 4) is 5.75 Å². The molecule has 0 fully saturated rings. The average Bonchev–Trinajstić information content (AvgIpc) is 3.06. The van der Waals surface area contributed by atoms with E-state index in [0.717, 1.165) is 15.9 Å². The molecular formula is C35H36Cl2N4O7S. The second-order valence-electron chi connectivity index (χ2n) is 11.5. The predicted octanol–water partition coefficient (Wildman–Crippen LogP) is 6.58. The molecule has 0 saturated carbocycles. The van der Waals surface area contributed by atoms with Crippen LogP contribution in [0.5, 0.6) is 5.75 Å². The van der Waals surface area contributed by atoms with Crippen molar-refractivity contribution in [2.24, 2.45) is 0 Å². The number of sulfonamides is 1. The van der Waals surface area contributed by atoms with Crippen molar-refractivity contribution in [1.29, 1.82) is 0 Å². The second-order valence-corrected chi connectivity index (χ2v) is 14.2. The van der Waals surface area contributed by atoms with Gasteiger partial charge in [0.15, 0.2) is 0 Å². The summed E-state index contributed by atoms with van der Waals surface area (Å²) in [4.78, 5) is 40.4. The number of carbonyl (C=O) groups is 2. The third kappa shape index (κ3) is 9.28. The number of nitro groups is 1. The molecule has 4 aromatic rings. The molecule has 0 spiro atoms. The molecule has 0 saturated heterocycles. The maximum atomic E-state index is 14.6. The van der Waals surface area contributed by atoms with E-state index in [4.69, 9.17) is 27.9 Å². The molecule has 258 valence electrons. The van der Waals surface area contributed by atoms with E-state index in [9.17, 15) is 28.1 Å². The lowest BCUT2D eigenvalue weighted by molar-refractivity contribution is -0.385. The lowest BCUT2D eigenvalue weighted by Crippen LogP contribution is -2.54. The van der Waals surface area contributed by atoms with Crippen molar-refractivity contribution >= 4 is 56.4 Å². The Kier molecular flexibility index (Phi) is 12.3. The number of hydrogen-bond donors (Lipinski definition) is 1. The third-order valence-electron chi connectivity index (χ3n) is 7.66. The molecule has 0 heterocycles. The Labute approximate surface area is 295 Å². The SMILES string of the molecule is COc1ccc(N(CC(=O)N(Cc2ccc(Cl)cc2Cl)C(Cc2ccccc2)C(=O)NC(C)C)S(=O)(=O)c2ccc(C)c([N+](=O)[O-])c2)cc1. The Morgan fingerprint density at radius 1 is 0.959 bits per heavy atom. The third-order valence-corrected chi connectivity index (χ3v) is 10.0. The summed E-state index contributed by atoms with van der Waals surface area (Å²) in [6, 6.07) is 22.0. The highest BCUT2D eigenvalue weighted by atomic mass is 35.5. The van der Waals surface area contributed by atoms with Crippen LogP contribution in [0.15, 0.2) is 95.9 Å². The normalized spacial score (nSPS) is 11.9. The van der Waals surface area contributed by atoms with Crippen molar-refractivity contribution in [2.45, 2.75) is 50.7 Å². The van der Waals surface area contributed by atoms with Crippen LogP contribution >= 0.6 is 23.2 Å². The van der Waals surface area contributed by atoms with Gasteiger partial charge in [0.1, 0.15) is 18.3 Å². The maximum absolute atomic E-state index is 14.6. The van der Waals surface area contributed by atoms with Gasteiger partial charge in [-0.05, 0) is 74.4 Å². The summed E-state index contributed by atoms with van der Waals surface area (Å²) < 4.78 is 34.7. The molecule has 0 aliphatic carbocycles. The van der Waals surface area contributed by atoms with E-state index in [2.05, 4.69) is 5.32 Å². The summed E-state index contributed by atoms with van der Waals surface area (Å²) in [5, 5.41) is 15.2. The minimum absolute atomic E-state index is 0.0908. The highest BCUT2D eigenvalue weighted by Crippen LogP contribution is 2.30. The zero-order valence-corrected chi connectivity index (χ0v) is 29.6. The molecule has 4 rings (SSSR count). The van der Waals surface area contributed by atoms with Gasteiger partial charge < -0.3 is 15.0 Å². The first-order valence-electron chi connectivity index (χ1n) is 15.2. The first-order valence-corrected chi connectivity index (χ1v) is 17.4. The number of halogens is 2. The summed E-state index contributed by atoms with van der Waals surface area (Å²) in [5.74, 6) is -0.747. The molecule has 0 aliphatic rings. The molecule has 11 nitrogen and oxygen atoms in total. The van der Waals surface area contributed by atoms with Gasteiger partial charge in [-0.3, -0.25) is 24.0 Å². The van der Waals surface area contributed by atoms with Crippen LogP contribution < -0.4 is 14.4 Å². The Hall–Kier alpha value is -4.65. The van der Waals surface area contributed by atoms with Gasteiger partial charge in [-0.25, -0.2) is 8.42 Å². The first kappa shape index (κ1) is 37.2. The van der Waals surface area contributed by atoms with E-state index in [1.165, 1.54) is 61.4 Å². The van der Waals surface area contributed by atoms with E-state index in [1.54, 1.807) is 26.0 Å². The molecule has 1 N–H and O–H groups in total. The summed E-state index contributed by atoms with van der Waals surface area (Å²) in [5.41, 5.74) is 1.20. The Morgan fingerprint density at radius 3 is 2.22 bits per heavy atom. The van der Waals surface area contributed by atoms with Gasteiger partial charge in [0.05, 0.1) is 22.6 Å². The lowest BCUT2D eigenvalue weighted by Gasteiger charge is -2.34. The molecule has 4 aromatic carbocycles. The number of carbonyl (C=O) groups excluding carboxylic acids is 2. The molecule has 0 aliphatic heterocycles. The summed E-state index contributed by atoms with van der Waals surface area (Å²) in [7, 11) is -3.14. The quantitative estimate of drug-likeness (QED) is 0.114. The van der Waals surface area contributed by atoms with Crippen molar-refractivity contribution in [3.05, 3.63) is 128 Å². The predicted molar refractivity (Wildman–Crippen MR) is 190 cm³/mol. The maximum Gasteiger partial charge on any atom is 0.273 e. The Bertz CT molecular complexity index is 1920. The van der Waals surface area contributed by atoms with Crippen molar-refractivity contribution in [3.63, 3.8) is 0 Å². The summed E-state index contributed by atoms with van der Waals surface area (Å²) >= 11 is 12.7. The number of anilines is 1. The molecule has 0 bridgehead atoms. The Morgan fingerprint density at radius 2 is 1.63 bits per heavy atom. The number of benzene rings is 4. The minimum atomic E-state index is -4.59. The number of nitrogens with zero attached hydrogens (tertiary/aromatic N) is 3. The minimum Gasteiger partial charge on any atom is -0.497 e. The number of methoxy groups -OCH3 is 1. The van der Waals surface area contributed by atoms with Gasteiger partial charge in [-0.15, -0.1) is 0 Å². The molecule has 0 aromatic heterocycles. The molecule has 14 heteroatoms. The number of aryl methyl sites for hydroxylation is 1. The van der Waals surface area contributed by atoms with Crippen LogP contribution in [0.2, 0.25) is 10.0 Å². The number of nitro benzene ring substituents is 1. The van der Waals surface area contributed by atoms with Gasteiger partial charge in [0.25, 0.3) is 15.7 Å². The zero-order valence-electron chi connectivity index (χ0n) is 27.3. The lowest BCUT2D eigenvalue weighted by atomic mass is 10.0. The zero-order chi connectivity index (χ0) is 35.9. The van der Waals surface area contributed by atoms with Crippen molar-refractivity contribution < 1.29 is 27.7 Å². The van der Waals surface area contributed by atoms with Crippen LogP contribution in [0.3, 0.4) is 0 Å². The van der Waals surface area contributed by atoms with Crippen molar-refractivity contribution in [1.82, 2.24) is 10.2 Å². The molecule has 49 heavy (non-hydrogen) atoms. The van der Waals surface area contributed by atoms with Gasteiger partial charge in [0.2, 0.25) is 11.8 Å². The average molecular weight is 728 g/mol. The second kappa shape index (κ2) is 16.2. The highest BCUT2D eigenvalue weighted by molar-refractivity contribution is 7.92. The van der Waals surface area contributed by atoms with Gasteiger partial charge >= 0.3 is 0 Å². The topological polar surface area (TPSA) is 139 Å². The van der Waals surface area contributed by atoms with Gasteiger partial charge in [-0.2, -0.15) is 0 Å². The van der Waals surface area contributed by atoms with Crippen LogP contribution in [0, 0.1) is 17.0 Å². The van der Waals surface area contributed by atoms with Crippen LogP contribution in [0.4, 0.5) is 11.4 Å². The number of amides is 2. The molecule has 1 unspecified atom stereocenters. The summed E-state index contributed by atoms with van der Waals surface area (Å²) in [6.07, 6.45) is 0.107. The number of nitrogens with one attached hydrogen (secondary N) is 1.